The average molecular weight is 643 g/mol. The van der Waals surface area contributed by atoms with E-state index in [4.69, 9.17) is 18.9 Å². The van der Waals surface area contributed by atoms with Crippen LogP contribution in [0.1, 0.15) is 72.6 Å². The van der Waals surface area contributed by atoms with Gasteiger partial charge in [-0.2, -0.15) is 0 Å². The van der Waals surface area contributed by atoms with E-state index >= 15 is 0 Å². The first-order valence-electron chi connectivity index (χ1n) is 17.1. The minimum Gasteiger partial charge on any atom is -0.394 e. The van der Waals surface area contributed by atoms with Crippen molar-refractivity contribution in [1.82, 2.24) is 0 Å². The molecule has 2 unspecified atom stereocenters. The maximum atomic E-state index is 12.2. The van der Waals surface area contributed by atoms with Crippen molar-refractivity contribution in [3.8, 4) is 0 Å². The largest absolute Gasteiger partial charge is 0.394 e. The minimum absolute atomic E-state index is 0.0180. The van der Waals surface area contributed by atoms with Crippen LogP contribution in [-0.4, -0.2) is 127 Å². The van der Waals surface area contributed by atoms with Crippen LogP contribution in [0.2, 0.25) is 0 Å². The van der Waals surface area contributed by atoms with Crippen molar-refractivity contribution in [3.63, 3.8) is 0 Å². The molecule has 0 radical (unpaired) electrons. The quantitative estimate of drug-likeness (QED) is 0.187. The molecule has 3 heterocycles. The molecule has 7 rings (SSSR count). The third-order valence-electron chi connectivity index (χ3n) is 14.4. The molecule has 12 nitrogen and oxygen atoms in total. The molecule has 0 bridgehead atoms. The molecular formula is C33H54O12. The Morgan fingerprint density at radius 3 is 2.29 bits per heavy atom. The molecule has 7 aliphatic rings. The van der Waals surface area contributed by atoms with E-state index in [1.807, 2.05) is 13.8 Å². The van der Waals surface area contributed by atoms with Crippen molar-refractivity contribution >= 4 is 0 Å². The first-order chi connectivity index (χ1) is 21.1. The molecule has 12 heteroatoms. The van der Waals surface area contributed by atoms with E-state index in [2.05, 4.69) is 13.8 Å². The molecule has 4 aliphatic carbocycles. The number of aliphatic hydroxyl groups excluding tert-OH is 7. The van der Waals surface area contributed by atoms with Crippen molar-refractivity contribution in [2.24, 2.45) is 46.3 Å². The summed E-state index contributed by atoms with van der Waals surface area (Å²) < 4.78 is 24.8. The molecule has 0 aromatic heterocycles. The molecular weight excluding hydrogens is 588 g/mol. The average Bonchev–Trinajstić information content (AvgIpc) is 3.43. The van der Waals surface area contributed by atoms with Crippen LogP contribution in [0.15, 0.2) is 0 Å². The summed E-state index contributed by atoms with van der Waals surface area (Å²) in [6.45, 7) is 8.40. The maximum absolute atomic E-state index is 12.2. The van der Waals surface area contributed by atoms with Gasteiger partial charge in [-0.25, -0.2) is 0 Å². The molecule has 20 atom stereocenters. The van der Waals surface area contributed by atoms with E-state index < -0.39 is 78.5 Å². The highest BCUT2D eigenvalue weighted by molar-refractivity contribution is 5.20. The normalized spacial score (nSPS) is 62.7. The lowest BCUT2D eigenvalue weighted by Crippen LogP contribution is -2.71. The second kappa shape index (κ2) is 11.0. The van der Waals surface area contributed by atoms with Gasteiger partial charge in [-0.05, 0) is 61.2 Å². The maximum Gasteiger partial charge on any atom is 0.187 e. The predicted molar refractivity (Wildman–Crippen MR) is 156 cm³/mol. The summed E-state index contributed by atoms with van der Waals surface area (Å²) in [7, 11) is 0. The fourth-order valence-corrected chi connectivity index (χ4v) is 11.8. The van der Waals surface area contributed by atoms with Gasteiger partial charge in [0.1, 0.15) is 24.4 Å². The number of ether oxygens (including phenoxy) is 4. The second-order valence-electron chi connectivity index (χ2n) is 16.4. The Morgan fingerprint density at radius 1 is 0.867 bits per heavy atom. The Bertz CT molecular complexity index is 1130. The zero-order chi connectivity index (χ0) is 32.4. The summed E-state index contributed by atoms with van der Waals surface area (Å²) in [5.74, 6) is -0.0125. The van der Waals surface area contributed by atoms with Crippen molar-refractivity contribution < 1.29 is 59.8 Å². The van der Waals surface area contributed by atoms with Gasteiger partial charge in [0.05, 0.1) is 49.3 Å². The fourth-order valence-electron chi connectivity index (χ4n) is 11.8. The minimum atomic E-state index is -1.61. The van der Waals surface area contributed by atoms with Crippen LogP contribution in [0.25, 0.3) is 0 Å². The molecule has 7 fully saturated rings. The van der Waals surface area contributed by atoms with Crippen molar-refractivity contribution in [2.45, 2.75) is 145 Å². The van der Waals surface area contributed by atoms with Crippen LogP contribution in [0, 0.1) is 46.3 Å². The van der Waals surface area contributed by atoms with Gasteiger partial charge < -0.3 is 59.8 Å². The number of fused-ring (bicyclic) bond motifs is 7. The SMILES string of the molecule is C[C@H]1CO[C@]2(C[C@@H]1O)OC1C[C@H]3[C@@H]4C[C@@H](O)[C@@]5(O)C[C@@H](O)[C@H](O[C@@H]6O[C@H](CO)[C@@H](O)[C@H](O)[C@H]6O)C[C@]5(C)[C@H]4CC[C@]3(C)C1[C@@H]2C. The number of hydrogen-bond acceptors (Lipinski definition) is 12. The highest BCUT2D eigenvalue weighted by Crippen LogP contribution is 2.72. The molecule has 258 valence electrons. The van der Waals surface area contributed by atoms with Crippen LogP contribution >= 0.6 is 0 Å². The lowest BCUT2D eigenvalue weighted by atomic mass is 9.42. The summed E-state index contributed by atoms with van der Waals surface area (Å²) in [6.07, 6.45) is -7.40. The summed E-state index contributed by atoms with van der Waals surface area (Å²) in [5, 5.41) is 86.5. The standard InChI is InChI=1S/C33H54O12/c1-14-13-42-33(10-19(14)35)15(2)25-21(45-33)8-18-16-7-24(37)32(41)9-20(36)22(11-31(32,4)17(16)5-6-30(18,25)3)43-29-28(40)27(39)26(38)23(12-34)44-29/h14-29,34-41H,5-13H2,1-4H3/t14-,15-,16+,17-,18-,19-,20+,21?,22+,23+,24+,25?,26+,27-,28+,29+,30-,31+,32-,33+/m0/s1. The van der Waals surface area contributed by atoms with Crippen LogP contribution in [-0.2, 0) is 18.9 Å². The lowest BCUT2D eigenvalue weighted by molar-refractivity contribution is -0.339. The highest BCUT2D eigenvalue weighted by atomic mass is 16.7. The van der Waals surface area contributed by atoms with Crippen molar-refractivity contribution in [1.29, 1.82) is 0 Å². The lowest BCUT2D eigenvalue weighted by Gasteiger charge is -2.66. The summed E-state index contributed by atoms with van der Waals surface area (Å²) in [5.41, 5.74) is -2.47. The summed E-state index contributed by atoms with van der Waals surface area (Å²) in [4.78, 5) is 0. The van der Waals surface area contributed by atoms with Crippen LogP contribution in [0.3, 0.4) is 0 Å². The molecule has 3 saturated heterocycles. The topological polar surface area (TPSA) is 199 Å². The highest BCUT2D eigenvalue weighted by Gasteiger charge is 2.73. The molecule has 3 aliphatic heterocycles. The van der Waals surface area contributed by atoms with E-state index in [-0.39, 0.29) is 59.9 Å². The smallest absolute Gasteiger partial charge is 0.187 e. The predicted octanol–water partition coefficient (Wildman–Crippen LogP) is -0.355. The van der Waals surface area contributed by atoms with E-state index in [1.165, 1.54) is 0 Å². The van der Waals surface area contributed by atoms with Gasteiger partial charge >= 0.3 is 0 Å². The molecule has 4 saturated carbocycles. The molecule has 0 aromatic rings. The first-order valence-corrected chi connectivity index (χ1v) is 17.1. The first kappa shape index (κ1) is 33.0. The van der Waals surface area contributed by atoms with Gasteiger partial charge in [0.25, 0.3) is 0 Å². The van der Waals surface area contributed by atoms with Crippen LogP contribution in [0.4, 0.5) is 0 Å². The third-order valence-corrected chi connectivity index (χ3v) is 14.4. The van der Waals surface area contributed by atoms with Gasteiger partial charge in [0.15, 0.2) is 12.1 Å². The Morgan fingerprint density at radius 2 is 1.60 bits per heavy atom. The zero-order valence-electron chi connectivity index (χ0n) is 26.8. The Balaban J connectivity index is 1.13. The van der Waals surface area contributed by atoms with E-state index in [0.29, 0.717) is 19.4 Å². The molecule has 45 heavy (non-hydrogen) atoms. The van der Waals surface area contributed by atoms with E-state index in [0.717, 1.165) is 19.3 Å². The monoisotopic (exact) mass is 642 g/mol. The van der Waals surface area contributed by atoms with Gasteiger partial charge in [0, 0.05) is 30.1 Å². The van der Waals surface area contributed by atoms with Crippen molar-refractivity contribution in [3.05, 3.63) is 0 Å². The number of aliphatic hydroxyl groups is 8. The van der Waals surface area contributed by atoms with Gasteiger partial charge in [-0.1, -0.05) is 27.7 Å². The Hall–Kier alpha value is -0.480. The second-order valence-corrected chi connectivity index (χ2v) is 16.4. The van der Waals surface area contributed by atoms with Crippen molar-refractivity contribution in [2.75, 3.05) is 13.2 Å². The fraction of sp³-hybridized carbons (Fsp3) is 1.00. The van der Waals surface area contributed by atoms with Gasteiger partial charge in [-0.15, -0.1) is 0 Å². The third kappa shape index (κ3) is 4.54. The molecule has 0 aromatic carbocycles. The summed E-state index contributed by atoms with van der Waals surface area (Å²) in [6, 6.07) is 0. The molecule has 1 spiro atoms. The summed E-state index contributed by atoms with van der Waals surface area (Å²) >= 11 is 0. The zero-order valence-corrected chi connectivity index (χ0v) is 26.8. The number of hydrogen-bond donors (Lipinski definition) is 8. The van der Waals surface area contributed by atoms with Crippen LogP contribution in [0.5, 0.6) is 0 Å². The number of rotatable bonds is 3. The van der Waals surface area contributed by atoms with E-state index in [9.17, 15) is 40.9 Å². The van der Waals surface area contributed by atoms with Gasteiger partial charge in [-0.3, -0.25) is 0 Å². The van der Waals surface area contributed by atoms with E-state index in [1.54, 1.807) is 0 Å². The molecule has 8 N–H and O–H groups in total. The Kier molecular flexibility index (Phi) is 8.09. The van der Waals surface area contributed by atoms with Gasteiger partial charge in [0.2, 0.25) is 0 Å². The Labute approximate surface area is 264 Å². The molecule has 0 amide bonds. The van der Waals surface area contributed by atoms with Crippen LogP contribution < -0.4 is 0 Å².